The van der Waals surface area contributed by atoms with Gasteiger partial charge in [-0.05, 0) is 87.4 Å². The third-order valence-corrected chi connectivity index (χ3v) is 15.4. The van der Waals surface area contributed by atoms with Crippen molar-refractivity contribution in [1.29, 1.82) is 0 Å². The number of hydrogen-bond donors (Lipinski definition) is 9. The molecule has 12 heteroatoms. The number of nitrogens with one attached hydrogen (secondary N) is 7. The van der Waals surface area contributed by atoms with Crippen molar-refractivity contribution in [1.82, 2.24) is 47.2 Å². The summed E-state index contributed by atoms with van der Waals surface area (Å²) >= 11 is 0. The highest BCUT2D eigenvalue weighted by atomic mass is 16.5. The molecule has 2 saturated carbocycles. The van der Waals surface area contributed by atoms with E-state index in [2.05, 4.69) is 68.0 Å². The first-order valence-electron chi connectivity index (χ1n) is 23.0. The molecule has 54 heavy (non-hydrogen) atoms. The van der Waals surface area contributed by atoms with Gasteiger partial charge in [0.2, 0.25) is 0 Å². The second-order valence-electron chi connectivity index (χ2n) is 18.9. The number of hydrazine groups is 1. The van der Waals surface area contributed by atoms with Crippen LogP contribution in [0.4, 0.5) is 0 Å². The number of nitrogens with zero attached hydrogens (tertiary/aromatic N) is 2. The van der Waals surface area contributed by atoms with E-state index in [1.807, 2.05) is 0 Å². The zero-order valence-corrected chi connectivity index (χ0v) is 34.3. The molecule has 5 saturated heterocycles. The molecular formula is C42H81N9O3. The van der Waals surface area contributed by atoms with Crippen LogP contribution in [0, 0.1) is 41.4 Å². The predicted octanol–water partition coefficient (Wildman–Crippen LogP) is 1.99. The number of piperazine rings is 1. The third kappa shape index (κ3) is 10.6. The first-order chi connectivity index (χ1) is 26.4. The van der Waals surface area contributed by atoms with Crippen LogP contribution in [0.15, 0.2) is 0 Å². The maximum atomic E-state index is 11.6. The number of piperidine rings is 2. The minimum atomic E-state index is -0.653. The highest BCUT2D eigenvalue weighted by Crippen LogP contribution is 2.45. The molecule has 312 valence electrons. The summed E-state index contributed by atoms with van der Waals surface area (Å²) in [6, 6.07) is 1.07. The summed E-state index contributed by atoms with van der Waals surface area (Å²) in [6.45, 7) is 18.3. The largest absolute Gasteiger partial charge is 0.381 e. The Morgan fingerprint density at radius 2 is 1.54 bits per heavy atom. The van der Waals surface area contributed by atoms with Gasteiger partial charge in [0, 0.05) is 114 Å². The van der Waals surface area contributed by atoms with Crippen LogP contribution < -0.4 is 37.3 Å². The maximum Gasteiger partial charge on any atom is 0.120 e. The Kier molecular flexibility index (Phi) is 15.8. The fourth-order valence-electron chi connectivity index (χ4n) is 12.3. The van der Waals surface area contributed by atoms with E-state index in [1.54, 1.807) is 0 Å². The number of aliphatic hydroxyl groups is 2. The summed E-state index contributed by atoms with van der Waals surface area (Å²) in [5, 5.41) is 48.0. The first-order valence-corrected chi connectivity index (χ1v) is 23.0. The Bertz CT molecular complexity index is 1100. The molecule has 0 radical (unpaired) electrons. The van der Waals surface area contributed by atoms with Gasteiger partial charge in [0.25, 0.3) is 0 Å². The van der Waals surface area contributed by atoms with E-state index in [9.17, 15) is 10.2 Å². The van der Waals surface area contributed by atoms with Crippen molar-refractivity contribution < 1.29 is 14.9 Å². The van der Waals surface area contributed by atoms with Crippen molar-refractivity contribution in [3.8, 4) is 0 Å². The summed E-state index contributed by atoms with van der Waals surface area (Å²) in [5.74, 6) is 4.84. The fourth-order valence-corrected chi connectivity index (χ4v) is 12.3. The highest BCUT2D eigenvalue weighted by Gasteiger charge is 2.49. The highest BCUT2D eigenvalue weighted by molar-refractivity contribution is 5.05. The molecule has 0 bridgehead atoms. The van der Waals surface area contributed by atoms with Crippen LogP contribution in [0.25, 0.3) is 0 Å². The quantitative estimate of drug-likeness (QED) is 0.113. The van der Waals surface area contributed by atoms with Gasteiger partial charge in [-0.2, -0.15) is 0 Å². The number of hydrogen-bond acceptors (Lipinski definition) is 12. The fraction of sp³-hybridized carbons (Fsp3) is 1.00. The predicted molar refractivity (Wildman–Crippen MR) is 216 cm³/mol. The number of ether oxygens (including phenoxy) is 1. The van der Waals surface area contributed by atoms with E-state index in [0.29, 0.717) is 42.0 Å². The minimum absolute atomic E-state index is 0.0457. The molecule has 7 rings (SSSR count). The van der Waals surface area contributed by atoms with Gasteiger partial charge in [-0.1, -0.05) is 46.5 Å². The summed E-state index contributed by atoms with van der Waals surface area (Å²) in [6.07, 6.45) is 14.7. The van der Waals surface area contributed by atoms with Gasteiger partial charge >= 0.3 is 0 Å². The lowest BCUT2D eigenvalue weighted by atomic mass is 9.64. The van der Waals surface area contributed by atoms with Crippen LogP contribution in [0.5, 0.6) is 0 Å². The molecule has 7 aliphatic rings. The summed E-state index contributed by atoms with van der Waals surface area (Å²) < 4.78 is 5.70. The van der Waals surface area contributed by atoms with Crippen molar-refractivity contribution in [3.05, 3.63) is 0 Å². The minimum Gasteiger partial charge on any atom is -0.381 e. The van der Waals surface area contributed by atoms with Gasteiger partial charge < -0.3 is 35.8 Å². The second kappa shape index (κ2) is 20.5. The number of aliphatic hydroxyl groups excluding tert-OH is 2. The van der Waals surface area contributed by atoms with E-state index in [1.165, 1.54) is 64.6 Å². The van der Waals surface area contributed by atoms with Crippen molar-refractivity contribution in [2.75, 3.05) is 72.1 Å². The molecule has 7 fully saturated rings. The molecule has 5 aliphatic heterocycles. The van der Waals surface area contributed by atoms with Crippen molar-refractivity contribution in [2.24, 2.45) is 41.4 Å². The van der Waals surface area contributed by atoms with Crippen molar-refractivity contribution >= 4 is 0 Å². The Morgan fingerprint density at radius 3 is 2.28 bits per heavy atom. The lowest BCUT2D eigenvalue weighted by Gasteiger charge is -2.49. The van der Waals surface area contributed by atoms with Gasteiger partial charge in [-0.3, -0.25) is 21.4 Å². The van der Waals surface area contributed by atoms with E-state index in [-0.39, 0.29) is 12.1 Å². The Morgan fingerprint density at radius 1 is 0.796 bits per heavy atom. The van der Waals surface area contributed by atoms with Gasteiger partial charge in [0.05, 0.1) is 6.17 Å². The van der Waals surface area contributed by atoms with Crippen LogP contribution in [-0.4, -0.2) is 141 Å². The van der Waals surface area contributed by atoms with Crippen LogP contribution >= 0.6 is 0 Å². The maximum absolute atomic E-state index is 11.6. The molecule has 0 spiro atoms. The van der Waals surface area contributed by atoms with E-state index in [4.69, 9.17) is 4.74 Å². The Balaban J connectivity index is 0.881. The molecule has 2 aliphatic carbocycles. The van der Waals surface area contributed by atoms with Crippen LogP contribution in [-0.2, 0) is 4.74 Å². The summed E-state index contributed by atoms with van der Waals surface area (Å²) in [4.78, 5) is 2.71. The van der Waals surface area contributed by atoms with Crippen LogP contribution in [0.3, 0.4) is 0 Å². The molecule has 0 aromatic rings. The number of rotatable bonds is 15. The molecule has 0 aromatic heterocycles. The van der Waals surface area contributed by atoms with Crippen LogP contribution in [0.2, 0.25) is 0 Å². The van der Waals surface area contributed by atoms with Gasteiger partial charge in [-0.25, -0.2) is 5.01 Å². The monoisotopic (exact) mass is 760 g/mol. The zero-order chi connectivity index (χ0) is 37.4. The molecule has 12 nitrogen and oxygen atoms in total. The number of fused-ring (bicyclic) bond motifs is 1. The SMILES string of the molecule is CCC1NC2C(CNN2CC)C(NC2CCOCC2)C1CNC(O)C1CCCC(C(O)NCC2CCC(C)C(C3CCCC(CN4CCNCC4)C3)C2)N1. The molecule has 9 N–H and O–H groups in total. The second-order valence-corrected chi connectivity index (χ2v) is 18.9. The van der Waals surface area contributed by atoms with Crippen molar-refractivity contribution in [2.45, 2.75) is 153 Å². The Labute approximate surface area is 328 Å². The topological polar surface area (TPSA) is 140 Å². The van der Waals surface area contributed by atoms with E-state index < -0.39 is 12.5 Å². The van der Waals surface area contributed by atoms with Gasteiger partial charge in [0.15, 0.2) is 0 Å². The third-order valence-electron chi connectivity index (χ3n) is 15.4. The molecule has 14 unspecified atom stereocenters. The van der Waals surface area contributed by atoms with Crippen LogP contribution in [0.1, 0.15) is 104 Å². The smallest absolute Gasteiger partial charge is 0.120 e. The van der Waals surface area contributed by atoms with Gasteiger partial charge in [-0.15, -0.1) is 0 Å². The lowest BCUT2D eigenvalue weighted by molar-refractivity contribution is 0.00909. The van der Waals surface area contributed by atoms with E-state index in [0.717, 1.165) is 115 Å². The summed E-state index contributed by atoms with van der Waals surface area (Å²) in [7, 11) is 0. The molecule has 14 atom stereocenters. The summed E-state index contributed by atoms with van der Waals surface area (Å²) in [5.41, 5.74) is 3.67. The first kappa shape index (κ1) is 41.7. The molecule has 0 amide bonds. The molecule has 5 heterocycles. The van der Waals surface area contributed by atoms with Gasteiger partial charge in [0.1, 0.15) is 12.5 Å². The molecular weight excluding hydrogens is 679 g/mol. The van der Waals surface area contributed by atoms with E-state index >= 15 is 0 Å². The Hall–Kier alpha value is -0.480. The average Bonchev–Trinajstić information content (AvgIpc) is 3.63. The van der Waals surface area contributed by atoms with Crippen molar-refractivity contribution in [3.63, 3.8) is 0 Å². The zero-order valence-electron chi connectivity index (χ0n) is 34.3. The molecule has 0 aromatic carbocycles. The normalized spacial score (nSPS) is 41.7. The average molecular weight is 760 g/mol. The standard InChI is InChI=1S/C42H81N9O3/c1-4-36-34(39(47-32-14-20-54-21-15-32)35-26-46-51(5-2)40(35)49-36)25-45-42(53)38-11-7-10-37(48-38)41(52)44-24-29-13-12-28(3)33(23-29)31-9-6-8-30(22-31)27-50-18-16-43-17-19-50/h28-49,52-53H,4-27H2,1-3H3. The lowest BCUT2D eigenvalue weighted by Crippen LogP contribution is -2.68.